The van der Waals surface area contributed by atoms with Crippen molar-refractivity contribution in [2.45, 2.75) is 110 Å². The third-order valence-corrected chi connectivity index (χ3v) is 14.3. The molecular weight excluding hydrogens is 863 g/mol. The first-order chi connectivity index (χ1) is 32.3. The van der Waals surface area contributed by atoms with Crippen LogP contribution in [0.3, 0.4) is 0 Å². The minimum atomic E-state index is -1.92. The Hall–Kier alpha value is -6.03. The van der Waals surface area contributed by atoms with Gasteiger partial charge in [0.2, 0.25) is 11.8 Å². The fourth-order valence-electron chi connectivity index (χ4n) is 10.8. The van der Waals surface area contributed by atoms with Crippen molar-refractivity contribution < 1.29 is 38.9 Å². The summed E-state index contributed by atoms with van der Waals surface area (Å²) in [5, 5.41) is 28.2. The maximum Gasteiger partial charge on any atom is 0.324 e. The summed E-state index contributed by atoms with van der Waals surface area (Å²) in [6.45, 7) is 16.3. The predicted octanol–water partition coefficient (Wildman–Crippen LogP) is 4.97. The Morgan fingerprint density at radius 3 is 2.51 bits per heavy atom. The summed E-state index contributed by atoms with van der Waals surface area (Å²) >= 11 is 0. The Morgan fingerprint density at radius 1 is 1.01 bits per heavy atom. The molecule has 3 aromatic carbocycles. The number of phenols is 1. The first kappa shape index (κ1) is 48.4. The zero-order valence-corrected chi connectivity index (χ0v) is 40.6. The van der Waals surface area contributed by atoms with E-state index in [2.05, 4.69) is 84.9 Å². The summed E-state index contributed by atoms with van der Waals surface area (Å²) in [5.41, 5.74) is 9.97. The molecule has 8 rings (SSSR count). The van der Waals surface area contributed by atoms with E-state index >= 15 is 0 Å². The number of benzene rings is 3. The Bertz CT molecular complexity index is 2660. The van der Waals surface area contributed by atoms with Gasteiger partial charge < -0.3 is 39.5 Å². The zero-order valence-electron chi connectivity index (χ0n) is 40.6. The number of carbonyl (C=O) groups excluding carboxylic acids is 5. The van der Waals surface area contributed by atoms with Gasteiger partial charge in [-0.25, -0.2) is 5.43 Å². The SMILES string of the molecule is C=CC(=O)N1CC[C@](O)(C(=O)N(C)[C@H](C(=O)N[C@H]2Cc3cc(O)cc(c3)-c3ccc4c(c3)c(c(-c3ccc5c(c3)CCN(C)C5)n4CC)CC(C)(C)COC(=O)[C@@H]3CCCN(N3)C2=O)C(C)C)C1. The third-order valence-electron chi connectivity index (χ3n) is 14.3. The molecule has 0 saturated carbocycles. The maximum atomic E-state index is 14.7. The number of aliphatic hydroxyl groups is 1. The molecular formula is C53H67N7O8. The lowest BCUT2D eigenvalue weighted by molar-refractivity contribution is -0.156. The number of esters is 1. The van der Waals surface area contributed by atoms with Crippen LogP contribution in [-0.4, -0.2) is 135 Å². The molecule has 0 spiro atoms. The fourth-order valence-corrected chi connectivity index (χ4v) is 10.8. The standard InChI is InChI=1S/C53H67N7O8/c1-9-45(62)58-21-18-53(67,30-58)51(66)57(8)46(32(3)4)48(63)54-43-24-33-22-38(26-39(61)23-33)34-15-16-44-40(27-34)41(28-52(5,6)31-68-50(65)42-12-11-19-60(55-42)49(43)64)47(59(44)10-2)36-13-14-37-29-56(7)20-17-35(37)25-36/h9,13-16,22-23,25-27,32,42-43,46,55,61,67H,1,10-12,17-21,24,28-31H2,2-8H3,(H,54,63)/t42-,43-,46-,53+/m0/s1. The highest BCUT2D eigenvalue weighted by Gasteiger charge is 2.48. The highest BCUT2D eigenvalue weighted by atomic mass is 16.5. The summed E-state index contributed by atoms with van der Waals surface area (Å²) in [4.78, 5) is 74.5. The van der Waals surface area contributed by atoms with Crippen LogP contribution < -0.4 is 10.7 Å². The number of hydrogen-bond donors (Lipinski definition) is 4. The van der Waals surface area contributed by atoms with Crippen LogP contribution in [0.5, 0.6) is 5.75 Å². The second-order valence-corrected chi connectivity index (χ2v) is 20.5. The Balaban J connectivity index is 1.19. The first-order valence-electron chi connectivity index (χ1n) is 24.0. The summed E-state index contributed by atoms with van der Waals surface area (Å²) < 4.78 is 8.49. The number of fused-ring (bicyclic) bond motifs is 7. The topological polar surface area (TPSA) is 177 Å². The van der Waals surface area contributed by atoms with Crippen molar-refractivity contribution in [2.75, 3.05) is 46.9 Å². The number of carbonyl (C=O) groups is 5. The van der Waals surface area contributed by atoms with Crippen molar-refractivity contribution in [3.05, 3.63) is 89.5 Å². The number of hydrazine groups is 1. The van der Waals surface area contributed by atoms with E-state index in [0.29, 0.717) is 24.8 Å². The number of β-amino-alcohol motifs (C(OH)–C–C–N with tert-alkyl or cyclic N) is 1. The van der Waals surface area contributed by atoms with Crippen molar-refractivity contribution >= 4 is 40.5 Å². The van der Waals surface area contributed by atoms with Crippen molar-refractivity contribution in [1.82, 2.24) is 35.0 Å². The van der Waals surface area contributed by atoms with Crippen LogP contribution in [0.25, 0.3) is 33.3 Å². The van der Waals surface area contributed by atoms with Gasteiger partial charge in [0.25, 0.3) is 11.8 Å². The van der Waals surface area contributed by atoms with Gasteiger partial charge in [-0.2, -0.15) is 0 Å². The van der Waals surface area contributed by atoms with Crippen LogP contribution in [0.15, 0.2) is 67.3 Å². The molecule has 0 unspecified atom stereocenters. The molecule has 2 fully saturated rings. The number of cyclic esters (lactones) is 1. The van der Waals surface area contributed by atoms with Gasteiger partial charge in [-0.3, -0.25) is 29.0 Å². The van der Waals surface area contributed by atoms with Gasteiger partial charge in [0.15, 0.2) is 5.60 Å². The molecule has 362 valence electrons. The molecule has 4 aliphatic heterocycles. The van der Waals surface area contributed by atoms with Crippen LogP contribution in [0.2, 0.25) is 0 Å². The molecule has 0 radical (unpaired) electrons. The number of hydrogen-bond acceptors (Lipinski definition) is 10. The van der Waals surface area contributed by atoms with Crippen LogP contribution >= 0.6 is 0 Å². The molecule has 4 atom stereocenters. The van der Waals surface area contributed by atoms with E-state index in [-0.39, 0.29) is 44.8 Å². The number of ether oxygens (including phenoxy) is 1. The molecule has 1 aromatic heterocycles. The smallest absolute Gasteiger partial charge is 0.324 e. The van der Waals surface area contributed by atoms with Gasteiger partial charge in [0.05, 0.1) is 18.8 Å². The lowest BCUT2D eigenvalue weighted by atomic mass is 9.84. The lowest BCUT2D eigenvalue weighted by Gasteiger charge is -2.37. The number of nitrogens with zero attached hydrogens (tertiary/aromatic N) is 5. The van der Waals surface area contributed by atoms with Gasteiger partial charge in [-0.05, 0) is 121 Å². The van der Waals surface area contributed by atoms with Gasteiger partial charge in [-0.15, -0.1) is 0 Å². The predicted molar refractivity (Wildman–Crippen MR) is 260 cm³/mol. The Morgan fingerprint density at radius 2 is 1.78 bits per heavy atom. The lowest BCUT2D eigenvalue weighted by Crippen LogP contribution is -2.63. The summed E-state index contributed by atoms with van der Waals surface area (Å²) in [6, 6.07) is 15.2. The highest BCUT2D eigenvalue weighted by Crippen LogP contribution is 2.41. The minimum Gasteiger partial charge on any atom is -0.508 e. The van der Waals surface area contributed by atoms with Crippen LogP contribution in [-0.2, 0) is 61.1 Å². The molecule has 4 aliphatic rings. The van der Waals surface area contributed by atoms with Crippen molar-refractivity contribution in [3.63, 3.8) is 0 Å². The summed E-state index contributed by atoms with van der Waals surface area (Å²) in [5.74, 6) is -3.24. The molecule has 4 amide bonds. The second-order valence-electron chi connectivity index (χ2n) is 20.5. The number of aromatic nitrogens is 1. The number of amides is 4. The molecule has 15 heteroatoms. The average Bonchev–Trinajstić information content (AvgIpc) is 3.86. The van der Waals surface area contributed by atoms with E-state index < -0.39 is 64.7 Å². The molecule has 4 N–H and O–H groups in total. The van der Waals surface area contributed by atoms with E-state index in [1.807, 2.05) is 12.1 Å². The average molecular weight is 930 g/mol. The first-order valence-corrected chi connectivity index (χ1v) is 24.0. The number of likely N-dealkylation sites (tertiary alicyclic amines) is 1. The summed E-state index contributed by atoms with van der Waals surface area (Å²) in [6.07, 6.45) is 3.56. The van der Waals surface area contributed by atoms with Gasteiger partial charge in [0.1, 0.15) is 23.9 Å². The van der Waals surface area contributed by atoms with Crippen molar-refractivity contribution in [3.8, 4) is 28.1 Å². The number of nitrogens with one attached hydrogen (secondary N) is 2. The molecule has 0 aliphatic carbocycles. The largest absolute Gasteiger partial charge is 0.508 e. The normalized spacial score (nSPS) is 22.6. The minimum absolute atomic E-state index is 0.0164. The number of phenolic OH excluding ortho intramolecular Hbond substituents is 1. The quantitative estimate of drug-likeness (QED) is 0.140. The van der Waals surface area contributed by atoms with Gasteiger partial charge in [-0.1, -0.05) is 58.5 Å². The zero-order chi connectivity index (χ0) is 48.8. The summed E-state index contributed by atoms with van der Waals surface area (Å²) in [7, 11) is 3.59. The number of likely N-dealkylation sites (N-methyl/N-ethyl adjacent to an activating group) is 2. The van der Waals surface area contributed by atoms with Gasteiger partial charge in [0, 0.05) is 68.9 Å². The molecule has 5 heterocycles. The Labute approximate surface area is 399 Å². The second kappa shape index (κ2) is 19.2. The van der Waals surface area contributed by atoms with Crippen LogP contribution in [0, 0.1) is 11.3 Å². The maximum absolute atomic E-state index is 14.7. The van der Waals surface area contributed by atoms with E-state index in [4.69, 9.17) is 4.74 Å². The monoisotopic (exact) mass is 930 g/mol. The third kappa shape index (κ3) is 9.65. The van der Waals surface area contributed by atoms with E-state index in [1.165, 1.54) is 33.0 Å². The number of aryl methyl sites for hydroxylation is 1. The fraction of sp³-hybridized carbons (Fsp3) is 0.491. The molecule has 2 saturated heterocycles. The van der Waals surface area contributed by atoms with Crippen molar-refractivity contribution in [2.24, 2.45) is 11.3 Å². The number of aromatic hydroxyl groups is 1. The number of rotatable bonds is 8. The van der Waals surface area contributed by atoms with Crippen molar-refractivity contribution in [1.29, 1.82) is 0 Å². The van der Waals surface area contributed by atoms with Gasteiger partial charge >= 0.3 is 5.97 Å². The van der Waals surface area contributed by atoms with E-state index in [0.717, 1.165) is 71.0 Å². The molecule has 6 bridgehead atoms. The molecule has 15 nitrogen and oxygen atoms in total. The highest BCUT2D eigenvalue weighted by molar-refractivity contribution is 5.97. The van der Waals surface area contributed by atoms with Crippen LogP contribution in [0.4, 0.5) is 0 Å². The van der Waals surface area contributed by atoms with Crippen LogP contribution in [0.1, 0.15) is 76.1 Å². The molecule has 68 heavy (non-hydrogen) atoms. The van der Waals surface area contributed by atoms with E-state index in [9.17, 15) is 34.2 Å². The molecule has 4 aromatic rings. The Kier molecular flexibility index (Phi) is 13.6. The van der Waals surface area contributed by atoms with E-state index in [1.54, 1.807) is 26.0 Å².